The molecule has 0 aliphatic carbocycles. The Morgan fingerprint density at radius 2 is 2.07 bits per heavy atom. The molecule has 1 aromatic carbocycles. The minimum absolute atomic E-state index is 0.0216. The molecule has 27 heavy (non-hydrogen) atoms. The molecule has 2 atom stereocenters. The SMILES string of the molecule is CCCCN1C(=O)CC(C(=O)N=c2sccn2C)C1c1ccc(OC)cc1. The van der Waals surface area contributed by atoms with Crippen molar-refractivity contribution in [3.63, 3.8) is 0 Å². The lowest BCUT2D eigenvalue weighted by atomic mass is 9.93. The zero-order valence-electron chi connectivity index (χ0n) is 15.9. The van der Waals surface area contributed by atoms with E-state index in [0.717, 1.165) is 24.2 Å². The van der Waals surface area contributed by atoms with Crippen LogP contribution in [0.2, 0.25) is 0 Å². The van der Waals surface area contributed by atoms with E-state index in [1.54, 1.807) is 7.11 Å². The molecule has 7 heteroatoms. The van der Waals surface area contributed by atoms with Crippen molar-refractivity contribution >= 4 is 23.2 Å². The van der Waals surface area contributed by atoms with Gasteiger partial charge in [0.05, 0.1) is 19.1 Å². The normalized spacial score (nSPS) is 20.3. The summed E-state index contributed by atoms with van der Waals surface area (Å²) in [6.07, 6.45) is 3.98. The van der Waals surface area contributed by atoms with E-state index in [1.807, 2.05) is 52.4 Å². The van der Waals surface area contributed by atoms with E-state index in [4.69, 9.17) is 4.74 Å². The van der Waals surface area contributed by atoms with Gasteiger partial charge in [-0.15, -0.1) is 11.3 Å². The molecule has 0 N–H and O–H groups in total. The fourth-order valence-electron chi connectivity index (χ4n) is 3.43. The number of rotatable bonds is 6. The second-order valence-corrected chi connectivity index (χ2v) is 7.59. The second-order valence-electron chi connectivity index (χ2n) is 6.72. The van der Waals surface area contributed by atoms with Gasteiger partial charge in [-0.25, -0.2) is 0 Å². The number of likely N-dealkylation sites (tertiary alicyclic amines) is 1. The maximum Gasteiger partial charge on any atom is 0.254 e. The fraction of sp³-hybridized carbons (Fsp3) is 0.450. The Labute approximate surface area is 163 Å². The summed E-state index contributed by atoms with van der Waals surface area (Å²) >= 11 is 1.41. The largest absolute Gasteiger partial charge is 0.497 e. The molecule has 0 radical (unpaired) electrons. The van der Waals surface area contributed by atoms with Gasteiger partial charge in [0.25, 0.3) is 5.91 Å². The van der Waals surface area contributed by atoms with E-state index in [2.05, 4.69) is 11.9 Å². The number of aromatic nitrogens is 1. The number of ether oxygens (including phenoxy) is 1. The van der Waals surface area contributed by atoms with E-state index in [1.165, 1.54) is 11.3 Å². The molecule has 1 aliphatic heterocycles. The lowest BCUT2D eigenvalue weighted by molar-refractivity contribution is -0.129. The summed E-state index contributed by atoms with van der Waals surface area (Å²) in [5.74, 6) is 0.0702. The third-order valence-corrected chi connectivity index (χ3v) is 5.77. The van der Waals surface area contributed by atoms with Crippen LogP contribution in [0.15, 0.2) is 40.8 Å². The Bertz CT molecular complexity index is 869. The highest BCUT2D eigenvalue weighted by molar-refractivity contribution is 7.07. The van der Waals surface area contributed by atoms with Crippen LogP contribution in [0.3, 0.4) is 0 Å². The molecule has 2 heterocycles. The van der Waals surface area contributed by atoms with Gasteiger partial charge in [0.1, 0.15) is 5.75 Å². The van der Waals surface area contributed by atoms with E-state index in [9.17, 15) is 9.59 Å². The predicted molar refractivity (Wildman–Crippen MR) is 104 cm³/mol. The summed E-state index contributed by atoms with van der Waals surface area (Å²) in [5.41, 5.74) is 0.946. The van der Waals surface area contributed by atoms with Crippen molar-refractivity contribution in [2.45, 2.75) is 32.2 Å². The zero-order valence-corrected chi connectivity index (χ0v) is 16.7. The summed E-state index contributed by atoms with van der Waals surface area (Å²) < 4.78 is 7.05. The molecule has 0 spiro atoms. The summed E-state index contributed by atoms with van der Waals surface area (Å²) in [6.45, 7) is 2.75. The van der Waals surface area contributed by atoms with Crippen LogP contribution < -0.4 is 9.54 Å². The minimum Gasteiger partial charge on any atom is -0.497 e. The molecule has 6 nitrogen and oxygen atoms in total. The van der Waals surface area contributed by atoms with Crippen molar-refractivity contribution in [3.05, 3.63) is 46.2 Å². The Balaban J connectivity index is 1.96. The quantitative estimate of drug-likeness (QED) is 0.766. The van der Waals surface area contributed by atoms with Gasteiger partial charge in [-0.2, -0.15) is 4.99 Å². The zero-order chi connectivity index (χ0) is 19.4. The molecule has 1 aromatic heterocycles. The van der Waals surface area contributed by atoms with Gasteiger partial charge in [-0.05, 0) is 24.1 Å². The molecule has 0 bridgehead atoms. The van der Waals surface area contributed by atoms with Crippen LogP contribution in [-0.2, 0) is 16.6 Å². The number of hydrogen-bond acceptors (Lipinski definition) is 4. The number of amides is 2. The Morgan fingerprint density at radius 3 is 2.67 bits per heavy atom. The van der Waals surface area contributed by atoms with Gasteiger partial charge in [-0.1, -0.05) is 25.5 Å². The van der Waals surface area contributed by atoms with Crippen LogP contribution in [0.4, 0.5) is 0 Å². The van der Waals surface area contributed by atoms with Gasteiger partial charge < -0.3 is 14.2 Å². The van der Waals surface area contributed by atoms with Crippen molar-refractivity contribution < 1.29 is 14.3 Å². The fourth-order valence-corrected chi connectivity index (χ4v) is 4.16. The molecular formula is C20H25N3O3S. The first-order valence-electron chi connectivity index (χ1n) is 9.17. The van der Waals surface area contributed by atoms with Crippen molar-refractivity contribution in [1.29, 1.82) is 0 Å². The molecule has 2 amide bonds. The van der Waals surface area contributed by atoms with Crippen molar-refractivity contribution in [3.8, 4) is 5.75 Å². The second kappa shape index (κ2) is 8.52. The van der Waals surface area contributed by atoms with Crippen LogP contribution in [-0.4, -0.2) is 34.9 Å². The van der Waals surface area contributed by atoms with Crippen LogP contribution in [0.5, 0.6) is 5.75 Å². The standard InChI is InChI=1S/C20H25N3O3S/c1-4-5-10-23-17(24)13-16(19(25)21-20-22(2)11-12-27-20)18(23)14-6-8-15(26-3)9-7-14/h6-9,11-12,16,18H,4-5,10,13H2,1-3H3. The summed E-state index contributed by atoms with van der Waals surface area (Å²) in [4.78, 5) is 32.4. The van der Waals surface area contributed by atoms with E-state index >= 15 is 0 Å². The van der Waals surface area contributed by atoms with Gasteiger partial charge in [-0.3, -0.25) is 9.59 Å². The first kappa shape index (κ1) is 19.4. The summed E-state index contributed by atoms with van der Waals surface area (Å²) in [7, 11) is 3.48. The Morgan fingerprint density at radius 1 is 1.33 bits per heavy atom. The summed E-state index contributed by atoms with van der Waals surface area (Å²) in [5, 5.41) is 1.89. The number of unbranched alkanes of at least 4 members (excludes halogenated alkanes) is 1. The average molecular weight is 388 g/mol. The van der Waals surface area contributed by atoms with Gasteiger partial charge in [0.15, 0.2) is 4.80 Å². The molecule has 2 unspecified atom stereocenters. The predicted octanol–water partition coefficient (Wildman–Crippen LogP) is 2.91. The van der Waals surface area contributed by atoms with E-state index in [0.29, 0.717) is 11.3 Å². The minimum atomic E-state index is -0.468. The average Bonchev–Trinajstić information content (AvgIpc) is 3.23. The monoisotopic (exact) mass is 387 g/mol. The first-order chi connectivity index (χ1) is 13.0. The highest BCUT2D eigenvalue weighted by Gasteiger charge is 2.44. The number of methoxy groups -OCH3 is 1. The highest BCUT2D eigenvalue weighted by atomic mass is 32.1. The van der Waals surface area contributed by atoms with Gasteiger partial charge in [0, 0.05) is 31.6 Å². The van der Waals surface area contributed by atoms with Gasteiger partial charge >= 0.3 is 0 Å². The van der Waals surface area contributed by atoms with E-state index in [-0.39, 0.29) is 24.3 Å². The number of nitrogens with zero attached hydrogens (tertiary/aromatic N) is 3. The molecule has 1 saturated heterocycles. The smallest absolute Gasteiger partial charge is 0.254 e. The van der Waals surface area contributed by atoms with Crippen molar-refractivity contribution in [2.75, 3.05) is 13.7 Å². The van der Waals surface area contributed by atoms with Crippen LogP contribution in [0, 0.1) is 5.92 Å². The number of carbonyl (C=O) groups is 2. The molecule has 144 valence electrons. The third-order valence-electron chi connectivity index (χ3n) is 4.92. The van der Waals surface area contributed by atoms with Gasteiger partial charge in [0.2, 0.25) is 5.91 Å². The molecule has 2 aromatic rings. The molecular weight excluding hydrogens is 362 g/mol. The summed E-state index contributed by atoms with van der Waals surface area (Å²) in [6, 6.07) is 7.33. The maximum atomic E-state index is 13.0. The molecule has 1 fully saturated rings. The Kier molecular flexibility index (Phi) is 6.11. The topological polar surface area (TPSA) is 63.9 Å². The number of hydrogen-bond donors (Lipinski definition) is 0. The first-order valence-corrected chi connectivity index (χ1v) is 10.0. The lowest BCUT2D eigenvalue weighted by Gasteiger charge is -2.27. The number of benzene rings is 1. The highest BCUT2D eigenvalue weighted by Crippen LogP contribution is 2.39. The van der Waals surface area contributed by atoms with Crippen LogP contribution >= 0.6 is 11.3 Å². The number of carbonyl (C=O) groups excluding carboxylic acids is 2. The Hall–Kier alpha value is -2.41. The third kappa shape index (κ3) is 4.13. The number of aryl methyl sites for hydroxylation is 1. The molecule has 0 saturated carbocycles. The van der Waals surface area contributed by atoms with E-state index < -0.39 is 5.92 Å². The van der Waals surface area contributed by atoms with Crippen molar-refractivity contribution in [1.82, 2.24) is 9.47 Å². The lowest BCUT2D eigenvalue weighted by Crippen LogP contribution is -2.31. The van der Waals surface area contributed by atoms with Crippen molar-refractivity contribution in [2.24, 2.45) is 18.0 Å². The van der Waals surface area contributed by atoms with Crippen LogP contribution in [0.1, 0.15) is 37.8 Å². The maximum absolute atomic E-state index is 13.0. The van der Waals surface area contributed by atoms with Crippen LogP contribution in [0.25, 0.3) is 0 Å². The molecule has 3 rings (SSSR count). The number of thiazole rings is 1. The molecule has 1 aliphatic rings.